The molecule has 1 aliphatic heterocycles. The van der Waals surface area contributed by atoms with E-state index in [0.717, 1.165) is 25.7 Å². The fraction of sp³-hybridized carbons (Fsp3) is 0.419. The molecule has 38 heavy (non-hydrogen) atoms. The molecule has 0 spiro atoms. The Kier molecular flexibility index (Phi) is 8.05. The number of hydrogen-bond donors (Lipinski definition) is 1. The summed E-state index contributed by atoms with van der Waals surface area (Å²) in [6, 6.07) is 13.1. The predicted molar refractivity (Wildman–Crippen MR) is 137 cm³/mol. The minimum absolute atomic E-state index is 0.0148. The van der Waals surface area contributed by atoms with Crippen molar-refractivity contribution in [1.82, 2.24) is 0 Å². The van der Waals surface area contributed by atoms with Gasteiger partial charge >= 0.3 is 0 Å². The van der Waals surface area contributed by atoms with E-state index in [9.17, 15) is 22.7 Å². The minimum atomic E-state index is -1.03. The Hall–Kier alpha value is -2.90. The van der Waals surface area contributed by atoms with Crippen molar-refractivity contribution in [3.63, 3.8) is 0 Å². The summed E-state index contributed by atoms with van der Waals surface area (Å²) < 4.78 is 69.4. The summed E-state index contributed by atoms with van der Waals surface area (Å²) >= 11 is 0. The standard InChI is InChI=1S/C31H32F4O3/c1-2-3-26(36)24-14-12-22(28(32)30(24)34)20-8-10-21(11-9-20)37-16-18-4-6-19(7-5-18)23-13-15-25(27-17-38-27)31(35)29(23)33/h8-15,18-19,26-27,36H,2-7,16-17H2,1H3. The summed E-state index contributed by atoms with van der Waals surface area (Å²) in [6.45, 7) is 2.80. The van der Waals surface area contributed by atoms with Gasteiger partial charge in [-0.05, 0) is 67.2 Å². The highest BCUT2D eigenvalue weighted by molar-refractivity contribution is 5.65. The van der Waals surface area contributed by atoms with Crippen molar-refractivity contribution in [3.8, 4) is 16.9 Å². The Balaban J connectivity index is 1.15. The van der Waals surface area contributed by atoms with Gasteiger partial charge in [0.1, 0.15) is 11.9 Å². The number of epoxide rings is 1. The van der Waals surface area contributed by atoms with Crippen LogP contribution in [0.15, 0.2) is 48.5 Å². The van der Waals surface area contributed by atoms with Gasteiger partial charge in [-0.15, -0.1) is 0 Å². The number of rotatable bonds is 9. The molecule has 1 heterocycles. The molecule has 1 aliphatic carbocycles. The predicted octanol–water partition coefficient (Wildman–Crippen LogP) is 8.17. The first-order valence-corrected chi connectivity index (χ1v) is 13.4. The number of benzene rings is 3. The van der Waals surface area contributed by atoms with E-state index in [-0.39, 0.29) is 23.1 Å². The fourth-order valence-electron chi connectivity index (χ4n) is 5.43. The van der Waals surface area contributed by atoms with Gasteiger partial charge in [0, 0.05) is 16.7 Å². The van der Waals surface area contributed by atoms with Gasteiger partial charge in [-0.25, -0.2) is 17.6 Å². The zero-order valence-electron chi connectivity index (χ0n) is 21.4. The van der Waals surface area contributed by atoms with Gasteiger partial charge in [0.2, 0.25) is 0 Å². The molecule has 3 aromatic rings. The molecule has 1 N–H and O–H groups in total. The van der Waals surface area contributed by atoms with Crippen LogP contribution in [0.2, 0.25) is 0 Å². The summed E-state index contributed by atoms with van der Waals surface area (Å²) in [5.74, 6) is -2.62. The van der Waals surface area contributed by atoms with E-state index in [4.69, 9.17) is 9.47 Å². The van der Waals surface area contributed by atoms with Gasteiger partial charge in [-0.2, -0.15) is 0 Å². The third kappa shape index (κ3) is 5.59. The third-order valence-electron chi connectivity index (χ3n) is 7.79. The Bertz CT molecular complexity index is 1270. The SMILES string of the molecule is CCCC(O)c1ccc(-c2ccc(OCC3CCC(c4ccc(C5CO5)c(F)c4F)CC3)cc2)c(F)c1F. The van der Waals surface area contributed by atoms with Crippen LogP contribution in [0.5, 0.6) is 5.75 Å². The van der Waals surface area contributed by atoms with E-state index in [2.05, 4.69) is 0 Å². The average molecular weight is 529 g/mol. The lowest BCUT2D eigenvalue weighted by atomic mass is 9.78. The summed E-state index contributed by atoms with van der Waals surface area (Å²) in [6.07, 6.45) is 2.89. The fourth-order valence-corrected chi connectivity index (χ4v) is 5.43. The minimum Gasteiger partial charge on any atom is -0.493 e. The maximum Gasteiger partial charge on any atom is 0.167 e. The van der Waals surface area contributed by atoms with Crippen LogP contribution in [0, 0.1) is 29.2 Å². The van der Waals surface area contributed by atoms with Crippen molar-refractivity contribution in [1.29, 1.82) is 0 Å². The Labute approximate surface area is 220 Å². The molecule has 1 saturated carbocycles. The van der Waals surface area contributed by atoms with Crippen molar-refractivity contribution < 1.29 is 32.1 Å². The van der Waals surface area contributed by atoms with Crippen molar-refractivity contribution in [2.45, 2.75) is 63.6 Å². The molecule has 202 valence electrons. The summed E-state index contributed by atoms with van der Waals surface area (Å²) in [5, 5.41) is 10.1. The molecule has 0 bridgehead atoms. The van der Waals surface area contributed by atoms with Crippen LogP contribution in [-0.2, 0) is 4.74 Å². The van der Waals surface area contributed by atoms with E-state index in [1.165, 1.54) is 12.1 Å². The molecule has 3 aromatic carbocycles. The molecule has 0 radical (unpaired) electrons. The van der Waals surface area contributed by atoms with Crippen LogP contribution in [0.1, 0.15) is 80.3 Å². The van der Waals surface area contributed by atoms with Crippen LogP contribution in [0.3, 0.4) is 0 Å². The zero-order chi connectivity index (χ0) is 26.8. The largest absolute Gasteiger partial charge is 0.493 e. The number of hydrogen-bond acceptors (Lipinski definition) is 3. The molecule has 5 rings (SSSR count). The van der Waals surface area contributed by atoms with Gasteiger partial charge in [-0.1, -0.05) is 49.7 Å². The van der Waals surface area contributed by atoms with E-state index in [1.54, 1.807) is 36.4 Å². The number of aliphatic hydroxyl groups excluding tert-OH is 1. The van der Waals surface area contributed by atoms with E-state index >= 15 is 0 Å². The normalized spacial score (nSPS) is 21.8. The van der Waals surface area contributed by atoms with Gasteiger partial charge in [0.25, 0.3) is 0 Å². The lowest BCUT2D eigenvalue weighted by Gasteiger charge is -2.29. The Morgan fingerprint density at radius 3 is 2.16 bits per heavy atom. The molecule has 2 fully saturated rings. The van der Waals surface area contributed by atoms with Gasteiger partial charge < -0.3 is 14.6 Å². The second-order valence-corrected chi connectivity index (χ2v) is 10.4. The van der Waals surface area contributed by atoms with Gasteiger partial charge in [0.15, 0.2) is 23.3 Å². The molecule has 0 amide bonds. The molecular weight excluding hydrogens is 496 g/mol. The molecule has 7 heteroatoms. The molecule has 2 unspecified atom stereocenters. The average Bonchev–Trinajstić information content (AvgIpc) is 3.77. The van der Waals surface area contributed by atoms with Crippen LogP contribution < -0.4 is 4.74 Å². The summed E-state index contributed by atoms with van der Waals surface area (Å²) in [5.41, 5.74) is 1.36. The van der Waals surface area contributed by atoms with E-state index < -0.39 is 29.4 Å². The topological polar surface area (TPSA) is 42.0 Å². The highest BCUT2D eigenvalue weighted by atomic mass is 19.2. The monoisotopic (exact) mass is 528 g/mol. The van der Waals surface area contributed by atoms with Crippen LogP contribution in [-0.4, -0.2) is 18.3 Å². The quantitative estimate of drug-likeness (QED) is 0.225. The molecule has 3 nitrogen and oxygen atoms in total. The summed E-state index contributed by atoms with van der Waals surface area (Å²) in [7, 11) is 0. The number of halogens is 4. The molecular formula is C31H32F4O3. The zero-order valence-corrected chi connectivity index (χ0v) is 21.4. The first-order valence-electron chi connectivity index (χ1n) is 13.4. The lowest BCUT2D eigenvalue weighted by Crippen LogP contribution is -2.20. The van der Waals surface area contributed by atoms with Crippen LogP contribution in [0.25, 0.3) is 11.1 Å². The molecule has 0 aromatic heterocycles. The first kappa shape index (κ1) is 26.7. The number of ether oxygens (including phenoxy) is 2. The maximum atomic E-state index is 14.7. The smallest absolute Gasteiger partial charge is 0.167 e. The second-order valence-electron chi connectivity index (χ2n) is 10.4. The van der Waals surface area contributed by atoms with Crippen molar-refractivity contribution >= 4 is 0 Å². The lowest BCUT2D eigenvalue weighted by molar-refractivity contribution is 0.160. The van der Waals surface area contributed by atoms with Crippen molar-refractivity contribution in [2.75, 3.05) is 13.2 Å². The molecule has 1 saturated heterocycles. The Morgan fingerprint density at radius 2 is 1.50 bits per heavy atom. The highest BCUT2D eigenvalue weighted by Gasteiger charge is 2.32. The second kappa shape index (κ2) is 11.5. The number of aliphatic hydroxyl groups is 1. The van der Waals surface area contributed by atoms with E-state index in [0.29, 0.717) is 54.4 Å². The van der Waals surface area contributed by atoms with Crippen LogP contribution in [0.4, 0.5) is 17.6 Å². The van der Waals surface area contributed by atoms with Crippen molar-refractivity contribution in [2.24, 2.45) is 5.92 Å². The highest BCUT2D eigenvalue weighted by Crippen LogP contribution is 2.40. The van der Waals surface area contributed by atoms with E-state index in [1.807, 2.05) is 6.92 Å². The summed E-state index contributed by atoms with van der Waals surface area (Å²) in [4.78, 5) is 0. The Morgan fingerprint density at radius 1 is 0.842 bits per heavy atom. The maximum absolute atomic E-state index is 14.7. The first-order chi connectivity index (χ1) is 18.4. The van der Waals surface area contributed by atoms with Crippen molar-refractivity contribution in [3.05, 3.63) is 88.5 Å². The van der Waals surface area contributed by atoms with Gasteiger partial charge in [-0.3, -0.25) is 0 Å². The van der Waals surface area contributed by atoms with Crippen LogP contribution >= 0.6 is 0 Å². The molecule has 2 atom stereocenters. The third-order valence-corrected chi connectivity index (χ3v) is 7.79. The molecule has 2 aliphatic rings. The van der Waals surface area contributed by atoms with Gasteiger partial charge in [0.05, 0.1) is 19.3 Å².